The van der Waals surface area contributed by atoms with Gasteiger partial charge in [0.1, 0.15) is 0 Å². The summed E-state index contributed by atoms with van der Waals surface area (Å²) in [5.41, 5.74) is 4.18. The molecule has 1 aliphatic heterocycles. The number of hydrogen-bond acceptors (Lipinski definition) is 4. The quantitative estimate of drug-likeness (QED) is 0.837. The molecule has 0 radical (unpaired) electrons. The van der Waals surface area contributed by atoms with Crippen LogP contribution in [0.3, 0.4) is 0 Å². The molecule has 1 aliphatic rings. The Bertz CT molecular complexity index is 769. The molecule has 3 rings (SSSR count). The van der Waals surface area contributed by atoms with Crippen LogP contribution in [0.25, 0.3) is 6.08 Å². The lowest BCUT2D eigenvalue weighted by atomic mass is 10.1. The molecule has 2 aromatic rings. The molecular formula is C22H25N3O. The van der Waals surface area contributed by atoms with Crippen LogP contribution in [0.15, 0.2) is 54.6 Å². The van der Waals surface area contributed by atoms with E-state index in [0.29, 0.717) is 5.56 Å². The normalized spacial score (nSPS) is 15.8. The smallest absolute Gasteiger partial charge is 0.0991 e. The van der Waals surface area contributed by atoms with Gasteiger partial charge in [-0.1, -0.05) is 36.4 Å². The van der Waals surface area contributed by atoms with Gasteiger partial charge < -0.3 is 10.4 Å². The number of nitrogens with zero attached hydrogens (tertiary/aromatic N) is 2. The second kappa shape index (κ2) is 9.19. The van der Waals surface area contributed by atoms with Crippen LogP contribution in [-0.2, 0) is 6.54 Å². The standard InChI is InChI=1S/C22H25N3O/c23-16-19-8-6-18(7-9-19)4-2-12-24-21-5-1-3-20(15-21)17-25-13-10-22(26)11-14-25/h1-9,15,22,24,26H,10-14,17H2/b4-2+. The number of piperidine rings is 1. The molecule has 0 atom stereocenters. The highest BCUT2D eigenvalue weighted by Crippen LogP contribution is 2.16. The lowest BCUT2D eigenvalue weighted by Crippen LogP contribution is -2.35. The molecule has 0 spiro atoms. The van der Waals surface area contributed by atoms with Crippen molar-refractivity contribution in [3.05, 3.63) is 71.3 Å². The van der Waals surface area contributed by atoms with Gasteiger partial charge in [-0.2, -0.15) is 5.26 Å². The highest BCUT2D eigenvalue weighted by Gasteiger charge is 2.16. The lowest BCUT2D eigenvalue weighted by Gasteiger charge is -2.29. The van der Waals surface area contributed by atoms with Crippen molar-refractivity contribution in [2.75, 3.05) is 25.0 Å². The van der Waals surface area contributed by atoms with E-state index >= 15 is 0 Å². The Labute approximate surface area is 155 Å². The highest BCUT2D eigenvalue weighted by atomic mass is 16.3. The summed E-state index contributed by atoms with van der Waals surface area (Å²) in [4.78, 5) is 2.40. The van der Waals surface area contributed by atoms with E-state index in [-0.39, 0.29) is 6.10 Å². The van der Waals surface area contributed by atoms with E-state index in [2.05, 4.69) is 52.7 Å². The average molecular weight is 347 g/mol. The first-order valence-corrected chi connectivity index (χ1v) is 9.13. The summed E-state index contributed by atoms with van der Waals surface area (Å²) in [6.07, 6.45) is 5.76. The Hall–Kier alpha value is -2.61. The zero-order valence-corrected chi connectivity index (χ0v) is 14.9. The van der Waals surface area contributed by atoms with Gasteiger partial charge in [0.25, 0.3) is 0 Å². The molecule has 4 heteroatoms. The summed E-state index contributed by atoms with van der Waals surface area (Å²) in [6.45, 7) is 3.61. The summed E-state index contributed by atoms with van der Waals surface area (Å²) in [7, 11) is 0. The molecule has 0 amide bonds. The zero-order chi connectivity index (χ0) is 18.2. The third-order valence-electron chi connectivity index (χ3n) is 4.66. The Morgan fingerprint density at radius 1 is 1.15 bits per heavy atom. The molecule has 2 aromatic carbocycles. The first kappa shape index (κ1) is 18.2. The van der Waals surface area contributed by atoms with Gasteiger partial charge in [0.2, 0.25) is 0 Å². The average Bonchev–Trinajstić information content (AvgIpc) is 2.68. The molecule has 0 aliphatic carbocycles. The summed E-state index contributed by atoms with van der Waals surface area (Å²) in [5.74, 6) is 0. The highest BCUT2D eigenvalue weighted by molar-refractivity contribution is 5.53. The number of nitriles is 1. The van der Waals surface area contributed by atoms with Crippen molar-refractivity contribution in [2.45, 2.75) is 25.5 Å². The molecule has 0 unspecified atom stereocenters. The fraction of sp³-hybridized carbons (Fsp3) is 0.318. The maximum atomic E-state index is 9.61. The van der Waals surface area contributed by atoms with E-state index in [1.807, 2.05) is 24.3 Å². The summed E-state index contributed by atoms with van der Waals surface area (Å²) in [6, 6.07) is 18.2. The number of nitrogens with one attached hydrogen (secondary N) is 1. The van der Waals surface area contributed by atoms with Gasteiger partial charge in [0, 0.05) is 31.9 Å². The second-order valence-electron chi connectivity index (χ2n) is 6.72. The van der Waals surface area contributed by atoms with E-state index in [0.717, 1.165) is 50.3 Å². The van der Waals surface area contributed by atoms with Crippen LogP contribution in [0, 0.1) is 11.3 Å². The zero-order valence-electron chi connectivity index (χ0n) is 14.9. The molecule has 0 bridgehead atoms. The fourth-order valence-corrected chi connectivity index (χ4v) is 3.16. The minimum Gasteiger partial charge on any atom is -0.393 e. The molecule has 26 heavy (non-hydrogen) atoms. The third kappa shape index (κ3) is 5.45. The van der Waals surface area contributed by atoms with Gasteiger partial charge in [-0.25, -0.2) is 0 Å². The van der Waals surface area contributed by atoms with Gasteiger partial charge in [-0.3, -0.25) is 4.90 Å². The van der Waals surface area contributed by atoms with Gasteiger partial charge >= 0.3 is 0 Å². The fourth-order valence-electron chi connectivity index (χ4n) is 3.16. The Morgan fingerprint density at radius 3 is 2.65 bits per heavy atom. The second-order valence-corrected chi connectivity index (χ2v) is 6.72. The largest absolute Gasteiger partial charge is 0.393 e. The minimum atomic E-state index is -0.123. The monoisotopic (exact) mass is 347 g/mol. The number of anilines is 1. The molecule has 1 saturated heterocycles. The van der Waals surface area contributed by atoms with Crippen LogP contribution >= 0.6 is 0 Å². The van der Waals surface area contributed by atoms with Crippen molar-refractivity contribution in [3.8, 4) is 6.07 Å². The Balaban J connectivity index is 1.49. The van der Waals surface area contributed by atoms with Crippen molar-refractivity contribution < 1.29 is 5.11 Å². The third-order valence-corrected chi connectivity index (χ3v) is 4.66. The topological polar surface area (TPSA) is 59.3 Å². The molecule has 2 N–H and O–H groups in total. The summed E-state index contributed by atoms with van der Waals surface area (Å²) in [5, 5.41) is 21.8. The van der Waals surface area contributed by atoms with Gasteiger partial charge in [0.15, 0.2) is 0 Å². The predicted octanol–water partition coefficient (Wildman–Crippen LogP) is 3.64. The van der Waals surface area contributed by atoms with Crippen LogP contribution in [-0.4, -0.2) is 35.7 Å². The van der Waals surface area contributed by atoms with Crippen molar-refractivity contribution in [2.24, 2.45) is 0 Å². The molecular weight excluding hydrogens is 322 g/mol. The van der Waals surface area contributed by atoms with Crippen molar-refractivity contribution >= 4 is 11.8 Å². The molecule has 0 aromatic heterocycles. The lowest BCUT2D eigenvalue weighted by molar-refractivity contribution is 0.0792. The summed E-state index contributed by atoms with van der Waals surface area (Å²) < 4.78 is 0. The van der Waals surface area contributed by atoms with Gasteiger partial charge in [-0.15, -0.1) is 0 Å². The number of hydrogen-bond donors (Lipinski definition) is 2. The van der Waals surface area contributed by atoms with Crippen LogP contribution in [0.1, 0.15) is 29.5 Å². The van der Waals surface area contributed by atoms with Crippen LogP contribution in [0.4, 0.5) is 5.69 Å². The maximum absolute atomic E-state index is 9.61. The van der Waals surface area contributed by atoms with E-state index < -0.39 is 0 Å². The first-order chi connectivity index (χ1) is 12.7. The molecule has 134 valence electrons. The SMILES string of the molecule is N#Cc1ccc(/C=C/CNc2cccc(CN3CCC(O)CC3)c2)cc1. The van der Waals surface area contributed by atoms with Gasteiger partial charge in [0.05, 0.1) is 17.7 Å². The number of aliphatic hydroxyl groups is 1. The first-order valence-electron chi connectivity index (χ1n) is 9.13. The minimum absolute atomic E-state index is 0.123. The Morgan fingerprint density at radius 2 is 1.92 bits per heavy atom. The predicted molar refractivity (Wildman–Crippen MR) is 106 cm³/mol. The van der Waals surface area contributed by atoms with E-state index in [1.165, 1.54) is 5.56 Å². The number of likely N-dealkylation sites (tertiary alicyclic amines) is 1. The molecule has 1 heterocycles. The van der Waals surface area contributed by atoms with Crippen molar-refractivity contribution in [1.29, 1.82) is 5.26 Å². The van der Waals surface area contributed by atoms with E-state index in [9.17, 15) is 5.11 Å². The van der Waals surface area contributed by atoms with Crippen LogP contribution in [0.2, 0.25) is 0 Å². The number of rotatable bonds is 6. The molecule has 0 saturated carbocycles. The maximum Gasteiger partial charge on any atom is 0.0991 e. The molecule has 1 fully saturated rings. The van der Waals surface area contributed by atoms with Crippen molar-refractivity contribution in [1.82, 2.24) is 4.90 Å². The van der Waals surface area contributed by atoms with Crippen molar-refractivity contribution in [3.63, 3.8) is 0 Å². The van der Waals surface area contributed by atoms with Crippen LogP contribution in [0.5, 0.6) is 0 Å². The van der Waals surface area contributed by atoms with Crippen LogP contribution < -0.4 is 5.32 Å². The van der Waals surface area contributed by atoms with E-state index in [4.69, 9.17) is 5.26 Å². The number of benzene rings is 2. The van der Waals surface area contributed by atoms with Gasteiger partial charge in [-0.05, 0) is 48.2 Å². The van der Waals surface area contributed by atoms with E-state index in [1.54, 1.807) is 0 Å². The summed E-state index contributed by atoms with van der Waals surface area (Å²) >= 11 is 0. The Kier molecular flexibility index (Phi) is 6.43. The number of aliphatic hydroxyl groups excluding tert-OH is 1. The molecule has 4 nitrogen and oxygen atoms in total.